The number of piperidine rings is 1. The molecule has 3 aliphatic rings. The molecule has 0 spiro atoms. The summed E-state index contributed by atoms with van der Waals surface area (Å²) in [6.45, 7) is 2.24. The molecule has 6 heterocycles. The number of methoxy groups -OCH3 is 2. The number of likely N-dealkylation sites (tertiary alicyclic amines) is 2. The van der Waals surface area contributed by atoms with Crippen LogP contribution < -0.4 is 10.6 Å². The van der Waals surface area contributed by atoms with Crippen molar-refractivity contribution in [2.45, 2.75) is 69.1 Å². The number of nitrogens with zero attached hydrogens (tertiary/aromatic N) is 5. The van der Waals surface area contributed by atoms with Crippen molar-refractivity contribution in [1.82, 2.24) is 45.4 Å². The third-order valence-electron chi connectivity index (χ3n) is 12.9. The van der Waals surface area contributed by atoms with Crippen LogP contribution >= 0.6 is 0 Å². The predicted octanol–water partition coefficient (Wildman–Crippen LogP) is 7.65. The monoisotopic (exact) mass is 879 g/mol. The standard InChI is InChI=1S/C49H53N9O7/c1-63-48(61)55-42(32-9-4-3-5-10-32)46(59)58-24-8-12-41(58)45-51-29-39(54-45)35-18-20-37-34(27-35)17-19-36(52-37)30-13-15-31(16-14-30)38-28-50-44(53-38)40-11-6-7-23-57(40)47(60)43(56-49(62)64-2)33-21-25-65-26-22-33/h3-5,9-10,13-20,27-29,33,40-43H,6-8,11-12,21-26H2,1-2H3,(H,50,53)(H,51,54)(H,55,61)(H,56,62)/t40-,41-,42-,43-/m0/s1. The Labute approximate surface area is 376 Å². The first-order chi connectivity index (χ1) is 31.8. The number of H-pyrrole nitrogens is 2. The average Bonchev–Trinajstić information content (AvgIpc) is 4.17. The van der Waals surface area contributed by atoms with Gasteiger partial charge in [-0.1, -0.05) is 66.7 Å². The van der Waals surface area contributed by atoms with Gasteiger partial charge in [0, 0.05) is 42.8 Å². The number of benzene rings is 3. The molecule has 0 bridgehead atoms. The Bertz CT molecular complexity index is 2640. The molecular weight excluding hydrogens is 827 g/mol. The van der Waals surface area contributed by atoms with Crippen molar-refractivity contribution in [3.05, 3.63) is 115 Å². The van der Waals surface area contributed by atoms with Crippen molar-refractivity contribution in [2.24, 2.45) is 5.92 Å². The van der Waals surface area contributed by atoms with Crippen molar-refractivity contribution in [1.29, 1.82) is 0 Å². The molecule has 4 N–H and O–H groups in total. The molecule has 336 valence electrons. The number of aromatic nitrogens is 5. The van der Waals surface area contributed by atoms with Gasteiger partial charge >= 0.3 is 12.2 Å². The van der Waals surface area contributed by atoms with Crippen LogP contribution in [0.25, 0.3) is 44.7 Å². The minimum atomic E-state index is -0.890. The van der Waals surface area contributed by atoms with Gasteiger partial charge in [-0.3, -0.25) is 9.59 Å². The second-order valence-corrected chi connectivity index (χ2v) is 16.8. The number of hydrogen-bond acceptors (Lipinski definition) is 10. The fourth-order valence-corrected chi connectivity index (χ4v) is 9.44. The first kappa shape index (κ1) is 43.2. The number of nitrogens with one attached hydrogen (secondary N) is 4. The maximum atomic E-state index is 14.1. The number of aromatic amines is 2. The van der Waals surface area contributed by atoms with Gasteiger partial charge in [0.15, 0.2) is 0 Å². The Kier molecular flexibility index (Phi) is 12.9. The van der Waals surface area contributed by atoms with Gasteiger partial charge in [-0.05, 0) is 80.2 Å². The van der Waals surface area contributed by atoms with E-state index in [2.05, 4.69) is 32.7 Å². The summed E-state index contributed by atoms with van der Waals surface area (Å²) in [7, 11) is 2.59. The highest BCUT2D eigenvalue weighted by Crippen LogP contribution is 2.36. The maximum absolute atomic E-state index is 14.1. The molecule has 3 fully saturated rings. The Morgan fingerprint density at radius 2 is 1.29 bits per heavy atom. The van der Waals surface area contributed by atoms with E-state index < -0.39 is 24.3 Å². The van der Waals surface area contributed by atoms with Crippen LogP contribution in [0.3, 0.4) is 0 Å². The minimum absolute atomic E-state index is 0.0380. The van der Waals surface area contributed by atoms with E-state index in [-0.39, 0.29) is 29.8 Å². The fraction of sp³-hybridized carbons (Fsp3) is 0.367. The summed E-state index contributed by atoms with van der Waals surface area (Å²) < 4.78 is 15.3. The van der Waals surface area contributed by atoms with E-state index in [0.717, 1.165) is 82.6 Å². The highest BCUT2D eigenvalue weighted by atomic mass is 16.5. The van der Waals surface area contributed by atoms with Crippen molar-refractivity contribution in [3.63, 3.8) is 0 Å². The van der Waals surface area contributed by atoms with Gasteiger partial charge in [0.2, 0.25) is 5.91 Å². The van der Waals surface area contributed by atoms with E-state index in [0.29, 0.717) is 50.5 Å². The number of alkyl carbamates (subject to hydrolysis) is 2. The molecule has 0 unspecified atom stereocenters. The topological polar surface area (TPSA) is 197 Å². The summed E-state index contributed by atoms with van der Waals surface area (Å²) in [5.41, 5.74) is 6.89. The van der Waals surface area contributed by atoms with Crippen LogP contribution in [-0.4, -0.2) is 105 Å². The minimum Gasteiger partial charge on any atom is -0.453 e. The van der Waals surface area contributed by atoms with Crippen molar-refractivity contribution < 1.29 is 33.4 Å². The lowest BCUT2D eigenvalue weighted by molar-refractivity contribution is -0.140. The molecule has 9 rings (SSSR count). The number of rotatable bonds is 11. The van der Waals surface area contributed by atoms with Gasteiger partial charge < -0.3 is 44.6 Å². The number of amides is 4. The van der Waals surface area contributed by atoms with Gasteiger partial charge in [0.1, 0.15) is 23.7 Å². The SMILES string of the molecule is COC(=O)N[C@H](C(=O)N1CCC[C@H]1c1ncc(-c2ccc3nc(-c4ccc(-c5cnc([C@@H]6CCCCN6C(=O)[C@@H](NC(=O)OC)C6CCOCC6)[nH]5)cc4)ccc3c2)[nH]1)c1ccccc1. The Morgan fingerprint density at radius 3 is 2.00 bits per heavy atom. The molecule has 3 aliphatic heterocycles. The van der Waals surface area contributed by atoms with Crippen LogP contribution in [0.1, 0.15) is 80.3 Å². The lowest BCUT2D eigenvalue weighted by Gasteiger charge is -2.39. The van der Waals surface area contributed by atoms with E-state index in [1.54, 1.807) is 11.1 Å². The lowest BCUT2D eigenvalue weighted by atomic mass is 9.89. The van der Waals surface area contributed by atoms with Gasteiger partial charge in [-0.25, -0.2) is 24.5 Å². The van der Waals surface area contributed by atoms with Crippen LogP contribution in [0, 0.1) is 5.92 Å². The zero-order valence-electron chi connectivity index (χ0n) is 36.5. The summed E-state index contributed by atoms with van der Waals surface area (Å²) in [4.78, 5) is 77.8. The number of pyridine rings is 1. The first-order valence-corrected chi connectivity index (χ1v) is 22.3. The van der Waals surface area contributed by atoms with E-state index >= 15 is 0 Å². The van der Waals surface area contributed by atoms with Crippen LogP contribution in [-0.2, 0) is 23.8 Å². The van der Waals surface area contributed by atoms with Crippen molar-refractivity contribution in [3.8, 4) is 33.8 Å². The number of hydrogen-bond donors (Lipinski definition) is 4. The molecule has 0 radical (unpaired) electrons. The number of ether oxygens (including phenoxy) is 3. The van der Waals surface area contributed by atoms with E-state index in [1.165, 1.54) is 14.2 Å². The molecular formula is C49H53N9O7. The molecule has 4 atom stereocenters. The Hall–Kier alpha value is -7.07. The molecule has 3 aromatic carbocycles. The van der Waals surface area contributed by atoms with Crippen LogP contribution in [0.15, 0.2) is 97.3 Å². The van der Waals surface area contributed by atoms with E-state index in [4.69, 9.17) is 29.2 Å². The summed E-state index contributed by atoms with van der Waals surface area (Å²) in [5.74, 6) is 1.04. The third kappa shape index (κ3) is 9.30. The molecule has 3 saturated heterocycles. The van der Waals surface area contributed by atoms with Crippen LogP contribution in [0.2, 0.25) is 0 Å². The quantitative estimate of drug-likeness (QED) is 0.100. The first-order valence-electron chi connectivity index (χ1n) is 22.3. The summed E-state index contributed by atoms with van der Waals surface area (Å²) >= 11 is 0. The molecule has 4 amide bonds. The summed E-state index contributed by atoms with van der Waals surface area (Å²) in [6, 6.07) is 25.4. The van der Waals surface area contributed by atoms with Crippen molar-refractivity contribution >= 4 is 34.9 Å². The average molecular weight is 880 g/mol. The Balaban J connectivity index is 0.874. The largest absolute Gasteiger partial charge is 0.453 e. The molecule has 16 heteroatoms. The molecule has 6 aromatic rings. The van der Waals surface area contributed by atoms with Gasteiger partial charge in [0.25, 0.3) is 5.91 Å². The molecule has 65 heavy (non-hydrogen) atoms. The lowest BCUT2D eigenvalue weighted by Crippen LogP contribution is -2.55. The smallest absolute Gasteiger partial charge is 0.407 e. The number of carbonyl (C=O) groups is 4. The second kappa shape index (κ2) is 19.4. The Morgan fingerprint density at radius 1 is 0.677 bits per heavy atom. The second-order valence-electron chi connectivity index (χ2n) is 16.8. The predicted molar refractivity (Wildman–Crippen MR) is 242 cm³/mol. The number of fused-ring (bicyclic) bond motifs is 1. The van der Waals surface area contributed by atoms with E-state index in [9.17, 15) is 19.2 Å². The van der Waals surface area contributed by atoms with Crippen LogP contribution in [0.5, 0.6) is 0 Å². The normalized spacial score (nSPS) is 18.8. The highest BCUT2D eigenvalue weighted by Gasteiger charge is 2.40. The fourth-order valence-electron chi connectivity index (χ4n) is 9.44. The van der Waals surface area contributed by atoms with Crippen LogP contribution in [0.4, 0.5) is 9.59 Å². The van der Waals surface area contributed by atoms with E-state index in [1.807, 2.05) is 83.9 Å². The summed E-state index contributed by atoms with van der Waals surface area (Å²) in [6.07, 6.45) is 7.86. The number of carbonyl (C=O) groups excluding carboxylic acids is 4. The molecule has 0 saturated carbocycles. The zero-order chi connectivity index (χ0) is 44.9. The molecule has 0 aliphatic carbocycles. The highest BCUT2D eigenvalue weighted by molar-refractivity contribution is 5.89. The molecule has 3 aromatic heterocycles. The third-order valence-corrected chi connectivity index (χ3v) is 12.9. The zero-order valence-corrected chi connectivity index (χ0v) is 36.5. The van der Waals surface area contributed by atoms with Gasteiger partial charge in [-0.15, -0.1) is 0 Å². The van der Waals surface area contributed by atoms with Gasteiger partial charge in [-0.2, -0.15) is 0 Å². The van der Waals surface area contributed by atoms with Gasteiger partial charge in [0.05, 0.1) is 61.3 Å². The molecule has 16 nitrogen and oxygen atoms in total. The summed E-state index contributed by atoms with van der Waals surface area (Å²) in [5, 5.41) is 6.52. The van der Waals surface area contributed by atoms with Crippen molar-refractivity contribution in [2.75, 3.05) is 40.5 Å². The number of imidazole rings is 2. The maximum Gasteiger partial charge on any atom is 0.407 e.